The molecule has 0 amide bonds. The molecule has 11 heavy (non-hydrogen) atoms. The van der Waals surface area contributed by atoms with Gasteiger partial charge in [-0.05, 0) is 23.0 Å². The maximum Gasteiger partial charge on any atom is 0.230 e. The Hall–Kier alpha value is -0.730. The number of halogens is 1. The van der Waals surface area contributed by atoms with E-state index >= 15 is 0 Å². The third-order valence-corrected chi connectivity index (χ3v) is 1.82. The number of hydrogen-bond donors (Lipinski definition) is 0. The summed E-state index contributed by atoms with van der Waals surface area (Å²) in [6.45, 7) is 3.73. The Morgan fingerprint density at radius 3 is 2.64 bits per heavy atom. The first-order valence-electron chi connectivity index (χ1n) is 3.37. The van der Waals surface area contributed by atoms with Crippen molar-refractivity contribution in [3.8, 4) is 0 Å². The van der Waals surface area contributed by atoms with E-state index < -0.39 is 11.3 Å². The lowest BCUT2D eigenvalue weighted by Crippen LogP contribution is -2.20. The Kier molecular flexibility index (Phi) is 4.66. The summed E-state index contributed by atoms with van der Waals surface area (Å²) >= 11 is 5.19. The Morgan fingerprint density at radius 2 is 2.36 bits per heavy atom. The van der Waals surface area contributed by atoms with Crippen LogP contribution in [0.4, 0.5) is 0 Å². The van der Waals surface area contributed by atoms with Gasteiger partial charge in [0.25, 0.3) is 0 Å². The summed E-state index contributed by atoms with van der Waals surface area (Å²) in [6, 6.07) is -0.716. The van der Waals surface area contributed by atoms with E-state index in [1.165, 1.54) is 0 Å². The van der Waals surface area contributed by atoms with Crippen LogP contribution in [0.1, 0.15) is 20.3 Å². The first-order chi connectivity index (χ1) is 5.13. The van der Waals surface area contributed by atoms with Gasteiger partial charge in [-0.3, -0.25) is 4.79 Å². The summed E-state index contributed by atoms with van der Waals surface area (Å²) in [5.41, 5.74) is 8.08. The zero-order chi connectivity index (χ0) is 8.85. The van der Waals surface area contributed by atoms with E-state index in [0.717, 1.165) is 6.42 Å². The fraction of sp³-hybridized carbons (Fsp3) is 0.833. The molecule has 0 aromatic carbocycles. The van der Waals surface area contributed by atoms with Crippen LogP contribution < -0.4 is 0 Å². The van der Waals surface area contributed by atoms with Crippen molar-refractivity contribution in [3.63, 3.8) is 0 Å². The van der Waals surface area contributed by atoms with Gasteiger partial charge in [0.1, 0.15) is 6.04 Å². The summed E-state index contributed by atoms with van der Waals surface area (Å²) in [7, 11) is 0. The summed E-state index contributed by atoms with van der Waals surface area (Å²) in [5.74, 6) is 0.0101. The minimum absolute atomic E-state index is 0.0101. The van der Waals surface area contributed by atoms with Crippen LogP contribution in [-0.4, -0.2) is 11.3 Å². The van der Waals surface area contributed by atoms with Crippen LogP contribution in [0.2, 0.25) is 0 Å². The zero-order valence-electron chi connectivity index (χ0n) is 6.49. The van der Waals surface area contributed by atoms with Crippen LogP contribution in [0, 0.1) is 5.92 Å². The second kappa shape index (κ2) is 4.99. The van der Waals surface area contributed by atoms with Crippen LogP contribution in [0.5, 0.6) is 0 Å². The summed E-state index contributed by atoms with van der Waals surface area (Å²) in [6.07, 6.45) is 0.766. The van der Waals surface area contributed by atoms with E-state index in [2.05, 4.69) is 10.0 Å². The van der Waals surface area contributed by atoms with Crippen LogP contribution in [0.15, 0.2) is 5.11 Å². The summed E-state index contributed by atoms with van der Waals surface area (Å²) in [5, 5.41) is 2.71. The normalized spacial score (nSPS) is 14.8. The van der Waals surface area contributed by atoms with Gasteiger partial charge >= 0.3 is 0 Å². The first-order valence-corrected chi connectivity index (χ1v) is 3.74. The molecule has 2 atom stereocenters. The molecule has 5 heteroatoms. The minimum atomic E-state index is -0.716. The van der Waals surface area contributed by atoms with Crippen LogP contribution in [-0.2, 0) is 4.79 Å². The lowest BCUT2D eigenvalue weighted by Gasteiger charge is -2.11. The van der Waals surface area contributed by atoms with Gasteiger partial charge in [0.05, 0.1) is 0 Å². The molecule has 0 saturated carbocycles. The first kappa shape index (κ1) is 10.3. The molecule has 0 radical (unpaired) electrons. The van der Waals surface area contributed by atoms with Gasteiger partial charge in [0.2, 0.25) is 5.24 Å². The maximum atomic E-state index is 10.6. The van der Waals surface area contributed by atoms with E-state index in [1.54, 1.807) is 0 Å². The van der Waals surface area contributed by atoms with Crippen molar-refractivity contribution in [2.45, 2.75) is 26.3 Å². The maximum absolute atomic E-state index is 10.6. The van der Waals surface area contributed by atoms with E-state index in [1.807, 2.05) is 13.8 Å². The molecule has 0 fully saturated rings. The van der Waals surface area contributed by atoms with Gasteiger partial charge in [0, 0.05) is 4.91 Å². The zero-order valence-corrected chi connectivity index (χ0v) is 7.25. The van der Waals surface area contributed by atoms with Crippen molar-refractivity contribution in [3.05, 3.63) is 10.4 Å². The second-order valence-corrected chi connectivity index (χ2v) is 2.71. The number of rotatable bonds is 4. The van der Waals surface area contributed by atoms with Gasteiger partial charge in [-0.2, -0.15) is 0 Å². The third-order valence-electron chi connectivity index (χ3n) is 1.59. The molecule has 0 saturated heterocycles. The number of carbonyl (C=O) groups is 1. The number of carbonyl (C=O) groups excluding carboxylic acids is 1. The van der Waals surface area contributed by atoms with Crippen LogP contribution in [0.25, 0.3) is 10.4 Å². The fourth-order valence-corrected chi connectivity index (χ4v) is 0.921. The molecule has 0 aliphatic carbocycles. The van der Waals surface area contributed by atoms with Crippen molar-refractivity contribution < 1.29 is 4.79 Å². The summed E-state index contributed by atoms with van der Waals surface area (Å²) < 4.78 is 0. The molecule has 0 aliphatic heterocycles. The molecule has 0 heterocycles. The van der Waals surface area contributed by atoms with Crippen molar-refractivity contribution in [2.75, 3.05) is 0 Å². The Bertz CT molecular complexity index is 186. The Labute approximate surface area is 70.2 Å². The van der Waals surface area contributed by atoms with Crippen molar-refractivity contribution in [1.29, 1.82) is 0 Å². The molecule has 0 aliphatic rings. The number of nitrogens with zero attached hydrogens (tertiary/aromatic N) is 3. The lowest BCUT2D eigenvalue weighted by atomic mass is 10.0. The number of azide groups is 1. The topological polar surface area (TPSA) is 65.8 Å². The molecule has 62 valence electrons. The monoisotopic (exact) mass is 175 g/mol. The largest absolute Gasteiger partial charge is 0.281 e. The highest BCUT2D eigenvalue weighted by Gasteiger charge is 2.20. The molecule has 1 unspecified atom stereocenters. The third kappa shape index (κ3) is 3.25. The average molecular weight is 176 g/mol. The average Bonchev–Trinajstić information content (AvgIpc) is 1.98. The van der Waals surface area contributed by atoms with Gasteiger partial charge in [-0.25, -0.2) is 0 Å². The van der Waals surface area contributed by atoms with Gasteiger partial charge in [-0.1, -0.05) is 25.4 Å². The quantitative estimate of drug-likeness (QED) is 0.280. The Morgan fingerprint density at radius 1 is 1.82 bits per heavy atom. The fourth-order valence-electron chi connectivity index (χ4n) is 0.662. The van der Waals surface area contributed by atoms with Crippen LogP contribution in [0.3, 0.4) is 0 Å². The molecule has 0 aromatic heterocycles. The minimum Gasteiger partial charge on any atom is -0.281 e. The van der Waals surface area contributed by atoms with Crippen molar-refractivity contribution in [2.24, 2.45) is 11.0 Å². The van der Waals surface area contributed by atoms with Crippen molar-refractivity contribution >= 4 is 16.8 Å². The SMILES string of the molecule is CCC(C)[C@H](N=[N+]=[N-])C(=O)Cl. The van der Waals surface area contributed by atoms with Gasteiger partial charge in [-0.15, -0.1) is 0 Å². The standard InChI is InChI=1S/C6H10ClN3O/c1-3-4(2)5(6(7)11)9-10-8/h4-5H,3H2,1-2H3/t4?,5-/m0/s1. The Balaban J connectivity index is 4.32. The van der Waals surface area contributed by atoms with Gasteiger partial charge < -0.3 is 0 Å². The number of hydrogen-bond acceptors (Lipinski definition) is 2. The van der Waals surface area contributed by atoms with E-state index in [4.69, 9.17) is 17.1 Å². The predicted octanol–water partition coefficient (Wildman–Crippen LogP) is 2.48. The molecule has 0 spiro atoms. The summed E-state index contributed by atoms with van der Waals surface area (Å²) in [4.78, 5) is 13.2. The molecule has 0 N–H and O–H groups in total. The smallest absolute Gasteiger partial charge is 0.230 e. The molecule has 0 bridgehead atoms. The highest BCUT2D eigenvalue weighted by molar-refractivity contribution is 6.64. The predicted molar refractivity (Wildman–Crippen MR) is 43.2 cm³/mol. The van der Waals surface area contributed by atoms with E-state index in [9.17, 15) is 4.79 Å². The molecule has 0 aromatic rings. The second-order valence-electron chi connectivity index (χ2n) is 2.34. The molecular weight excluding hydrogens is 166 g/mol. The molecule has 0 rings (SSSR count). The van der Waals surface area contributed by atoms with Gasteiger partial charge in [0.15, 0.2) is 0 Å². The molecular formula is C6H10ClN3O. The highest BCUT2D eigenvalue weighted by atomic mass is 35.5. The van der Waals surface area contributed by atoms with E-state index in [0.29, 0.717) is 0 Å². The highest BCUT2D eigenvalue weighted by Crippen LogP contribution is 2.14. The van der Waals surface area contributed by atoms with Crippen LogP contribution >= 0.6 is 11.6 Å². The van der Waals surface area contributed by atoms with E-state index in [-0.39, 0.29) is 5.92 Å². The lowest BCUT2D eigenvalue weighted by molar-refractivity contribution is -0.113. The van der Waals surface area contributed by atoms with Crippen molar-refractivity contribution in [1.82, 2.24) is 0 Å². The molecule has 4 nitrogen and oxygen atoms in total.